The van der Waals surface area contributed by atoms with Crippen LogP contribution < -0.4 is 5.73 Å². The number of aliphatic hydroxyl groups excluding tert-OH is 1. The lowest BCUT2D eigenvalue weighted by molar-refractivity contribution is 0.205. The van der Waals surface area contributed by atoms with Gasteiger partial charge >= 0.3 is 0 Å². The molecule has 2 atom stereocenters. The van der Waals surface area contributed by atoms with E-state index in [1.165, 1.54) is 4.88 Å². The van der Waals surface area contributed by atoms with E-state index in [2.05, 4.69) is 46.9 Å². The van der Waals surface area contributed by atoms with E-state index in [0.29, 0.717) is 6.61 Å². The molecule has 1 rings (SSSR count). The van der Waals surface area contributed by atoms with Crippen molar-refractivity contribution >= 4 is 27.3 Å². The highest BCUT2D eigenvalue weighted by Gasteiger charge is 2.24. The fraction of sp³-hybridized carbons (Fsp3) is 0.714. The van der Waals surface area contributed by atoms with E-state index in [4.69, 9.17) is 10.8 Å². The van der Waals surface area contributed by atoms with Crippen molar-refractivity contribution in [3.8, 4) is 0 Å². The van der Waals surface area contributed by atoms with E-state index in [1.807, 2.05) is 0 Å². The lowest BCUT2D eigenvalue weighted by Gasteiger charge is -2.31. The van der Waals surface area contributed by atoms with Crippen LogP contribution >= 0.6 is 27.3 Å². The van der Waals surface area contributed by atoms with Crippen LogP contribution in [0.2, 0.25) is 0 Å². The molecule has 0 saturated carbocycles. The third kappa shape index (κ3) is 5.52. The normalized spacial score (nSPS) is 14.8. The van der Waals surface area contributed by atoms with E-state index in [9.17, 15) is 0 Å². The molecule has 0 fully saturated rings. The average Bonchev–Trinajstić information content (AvgIpc) is 2.81. The summed E-state index contributed by atoms with van der Waals surface area (Å²) in [5.74, 6) is 0. The second-order valence-electron chi connectivity index (χ2n) is 4.92. The van der Waals surface area contributed by atoms with Gasteiger partial charge in [-0.25, -0.2) is 0 Å². The van der Waals surface area contributed by atoms with Crippen LogP contribution in [0.5, 0.6) is 0 Å². The van der Waals surface area contributed by atoms with Crippen molar-refractivity contribution in [2.45, 2.75) is 44.7 Å². The summed E-state index contributed by atoms with van der Waals surface area (Å²) >= 11 is 5.29. The number of hydrogen-bond acceptors (Lipinski definition) is 4. The maximum atomic E-state index is 8.81. The van der Waals surface area contributed by atoms with Gasteiger partial charge in [0.15, 0.2) is 0 Å². The number of nitrogens with two attached hydrogens (primary N) is 1. The largest absolute Gasteiger partial charge is 0.396 e. The monoisotopic (exact) mass is 348 g/mol. The highest BCUT2D eigenvalue weighted by molar-refractivity contribution is 9.11. The molecule has 0 amide bonds. The van der Waals surface area contributed by atoms with E-state index in [1.54, 1.807) is 11.3 Å². The SMILES string of the molecule is CCC(N)C(c1ccc(Br)s1)N(C)CCCCCO. The first-order valence-electron chi connectivity index (χ1n) is 6.92. The molecule has 0 aliphatic carbocycles. The minimum atomic E-state index is 0.161. The molecule has 0 saturated heterocycles. The third-order valence-electron chi connectivity index (χ3n) is 3.41. The fourth-order valence-corrected chi connectivity index (χ4v) is 3.92. The number of unbranched alkanes of at least 4 members (excludes halogenated alkanes) is 2. The minimum absolute atomic E-state index is 0.161. The smallest absolute Gasteiger partial charge is 0.0702 e. The summed E-state index contributed by atoms with van der Waals surface area (Å²) in [7, 11) is 2.15. The first kappa shape index (κ1) is 17.1. The number of thiophene rings is 1. The molecule has 0 aliphatic heterocycles. The molecule has 5 heteroatoms. The first-order valence-corrected chi connectivity index (χ1v) is 8.53. The molecule has 0 aromatic carbocycles. The van der Waals surface area contributed by atoms with Crippen LogP contribution in [0, 0.1) is 0 Å². The summed E-state index contributed by atoms with van der Waals surface area (Å²) in [4.78, 5) is 3.68. The molecular formula is C14H25BrN2OS. The van der Waals surface area contributed by atoms with Gasteiger partial charge in [0.25, 0.3) is 0 Å². The summed E-state index contributed by atoms with van der Waals surface area (Å²) in [6.07, 6.45) is 4.05. The summed E-state index contributed by atoms with van der Waals surface area (Å²) in [5.41, 5.74) is 6.30. The van der Waals surface area contributed by atoms with Crippen LogP contribution in [0.3, 0.4) is 0 Å². The zero-order valence-corrected chi connectivity index (χ0v) is 14.2. The summed E-state index contributed by atoms with van der Waals surface area (Å²) in [6, 6.07) is 4.71. The molecule has 0 aliphatic rings. The van der Waals surface area contributed by atoms with E-state index in [-0.39, 0.29) is 12.1 Å². The highest BCUT2D eigenvalue weighted by atomic mass is 79.9. The molecule has 0 radical (unpaired) electrons. The Morgan fingerprint density at radius 1 is 1.37 bits per heavy atom. The number of aliphatic hydroxyl groups is 1. The summed E-state index contributed by atoms with van der Waals surface area (Å²) < 4.78 is 1.16. The average molecular weight is 349 g/mol. The lowest BCUT2D eigenvalue weighted by atomic mass is 10.0. The van der Waals surface area contributed by atoms with Gasteiger partial charge in [-0.05, 0) is 67.3 Å². The second-order valence-corrected chi connectivity index (χ2v) is 7.42. The molecule has 0 bridgehead atoms. The van der Waals surface area contributed by atoms with Crippen LogP contribution in [-0.2, 0) is 0 Å². The van der Waals surface area contributed by atoms with Crippen molar-refractivity contribution in [2.24, 2.45) is 5.73 Å². The topological polar surface area (TPSA) is 49.5 Å². The molecule has 110 valence electrons. The fourth-order valence-electron chi connectivity index (χ4n) is 2.25. The van der Waals surface area contributed by atoms with Crippen molar-refractivity contribution in [1.29, 1.82) is 0 Å². The Morgan fingerprint density at radius 3 is 2.63 bits per heavy atom. The molecule has 3 N–H and O–H groups in total. The van der Waals surface area contributed by atoms with Crippen molar-refractivity contribution in [3.63, 3.8) is 0 Å². The second kappa shape index (κ2) is 9.08. The predicted molar refractivity (Wildman–Crippen MR) is 86.6 cm³/mol. The van der Waals surface area contributed by atoms with Gasteiger partial charge in [-0.3, -0.25) is 4.90 Å². The molecule has 0 spiro atoms. The minimum Gasteiger partial charge on any atom is -0.396 e. The summed E-state index contributed by atoms with van der Waals surface area (Å²) in [5, 5.41) is 8.81. The van der Waals surface area contributed by atoms with Crippen LogP contribution in [-0.4, -0.2) is 36.2 Å². The molecule has 2 unspecified atom stereocenters. The molecule has 1 aromatic rings. The Kier molecular flexibility index (Phi) is 8.18. The molecular weight excluding hydrogens is 324 g/mol. The number of rotatable bonds is 9. The van der Waals surface area contributed by atoms with Crippen molar-refractivity contribution < 1.29 is 5.11 Å². The molecule has 3 nitrogen and oxygen atoms in total. The third-order valence-corrected chi connectivity index (χ3v) is 5.10. The van der Waals surface area contributed by atoms with Gasteiger partial charge in [-0.15, -0.1) is 11.3 Å². The van der Waals surface area contributed by atoms with Crippen LogP contribution in [0.1, 0.15) is 43.5 Å². The Morgan fingerprint density at radius 2 is 2.11 bits per heavy atom. The van der Waals surface area contributed by atoms with Crippen molar-refractivity contribution in [1.82, 2.24) is 4.90 Å². The molecule has 1 aromatic heterocycles. The highest BCUT2D eigenvalue weighted by Crippen LogP contribution is 2.32. The number of halogens is 1. The van der Waals surface area contributed by atoms with E-state index >= 15 is 0 Å². The van der Waals surface area contributed by atoms with Crippen LogP contribution in [0.25, 0.3) is 0 Å². The van der Waals surface area contributed by atoms with Gasteiger partial charge in [0, 0.05) is 17.5 Å². The number of likely N-dealkylation sites (N-methyl/N-ethyl adjacent to an activating group) is 1. The van der Waals surface area contributed by atoms with E-state index in [0.717, 1.165) is 36.0 Å². The van der Waals surface area contributed by atoms with Crippen molar-refractivity contribution in [2.75, 3.05) is 20.2 Å². The maximum Gasteiger partial charge on any atom is 0.0702 e. The standard InChI is InChI=1S/C14H25BrN2OS/c1-3-11(16)14(12-7-8-13(15)19-12)17(2)9-5-4-6-10-18/h7-8,11,14,18H,3-6,9-10,16H2,1-2H3. The van der Waals surface area contributed by atoms with E-state index < -0.39 is 0 Å². The quantitative estimate of drug-likeness (QED) is 0.672. The van der Waals surface area contributed by atoms with Gasteiger partial charge in [-0.1, -0.05) is 6.92 Å². The zero-order valence-electron chi connectivity index (χ0n) is 11.8. The first-order chi connectivity index (χ1) is 9.10. The van der Waals surface area contributed by atoms with Gasteiger partial charge in [-0.2, -0.15) is 0 Å². The van der Waals surface area contributed by atoms with Gasteiger partial charge in [0.2, 0.25) is 0 Å². The molecule has 19 heavy (non-hydrogen) atoms. The maximum absolute atomic E-state index is 8.81. The van der Waals surface area contributed by atoms with Crippen molar-refractivity contribution in [3.05, 3.63) is 20.8 Å². The Labute approximate surface area is 128 Å². The number of hydrogen-bond donors (Lipinski definition) is 2. The van der Waals surface area contributed by atoms with Crippen LogP contribution in [0.15, 0.2) is 15.9 Å². The van der Waals surface area contributed by atoms with Gasteiger partial charge in [0.1, 0.15) is 0 Å². The lowest BCUT2D eigenvalue weighted by Crippen LogP contribution is -2.38. The van der Waals surface area contributed by atoms with Gasteiger partial charge < -0.3 is 10.8 Å². The number of nitrogens with zero attached hydrogens (tertiary/aromatic N) is 1. The van der Waals surface area contributed by atoms with Gasteiger partial charge in [0.05, 0.1) is 9.83 Å². The Balaban J connectivity index is 2.63. The Bertz CT molecular complexity index is 359. The summed E-state index contributed by atoms with van der Waals surface area (Å²) in [6.45, 7) is 3.45. The zero-order chi connectivity index (χ0) is 14.3. The van der Waals surface area contributed by atoms with Crippen LogP contribution in [0.4, 0.5) is 0 Å². The predicted octanol–water partition coefficient (Wildman–Crippen LogP) is 3.38. The Hall–Kier alpha value is 0.0600. The molecule has 1 heterocycles.